The van der Waals surface area contributed by atoms with Gasteiger partial charge in [0.1, 0.15) is 4.60 Å². The van der Waals surface area contributed by atoms with E-state index in [1.54, 1.807) is 6.20 Å². The van der Waals surface area contributed by atoms with Gasteiger partial charge < -0.3 is 10.6 Å². The van der Waals surface area contributed by atoms with Crippen LogP contribution in [0.3, 0.4) is 0 Å². The number of anilines is 1. The zero-order chi connectivity index (χ0) is 13.1. The third-order valence-corrected chi connectivity index (χ3v) is 3.93. The Morgan fingerprint density at radius 2 is 2.22 bits per heavy atom. The van der Waals surface area contributed by atoms with E-state index in [0.29, 0.717) is 22.8 Å². The zero-order valence-electron chi connectivity index (χ0n) is 10.4. The molecular weight excluding hydrogens is 296 g/mol. The summed E-state index contributed by atoms with van der Waals surface area (Å²) >= 11 is 3.30. The normalized spacial score (nSPS) is 16.9. The van der Waals surface area contributed by atoms with Crippen LogP contribution >= 0.6 is 15.9 Å². The van der Waals surface area contributed by atoms with Crippen molar-refractivity contribution in [1.29, 1.82) is 0 Å². The molecule has 6 heteroatoms. The van der Waals surface area contributed by atoms with Gasteiger partial charge in [0, 0.05) is 25.4 Å². The topological polar surface area (TPSA) is 72.1 Å². The highest BCUT2D eigenvalue weighted by atomic mass is 79.9. The minimum atomic E-state index is 0.234. The average molecular weight is 313 g/mol. The highest BCUT2D eigenvalue weighted by Crippen LogP contribution is 2.28. The molecule has 0 atom stereocenters. The molecule has 2 rings (SSSR count). The predicted octanol–water partition coefficient (Wildman–Crippen LogP) is 1.94. The van der Waals surface area contributed by atoms with Gasteiger partial charge in [0.05, 0.1) is 11.9 Å². The summed E-state index contributed by atoms with van der Waals surface area (Å²) in [6.45, 7) is 3.51. The molecular formula is C12H17BrN4O. The molecule has 1 aromatic heterocycles. The summed E-state index contributed by atoms with van der Waals surface area (Å²) in [6, 6.07) is 0. The largest absolute Gasteiger partial charge is 0.381 e. The Kier molecular flexibility index (Phi) is 4.16. The Labute approximate surface area is 115 Å². The molecule has 0 aromatic carbocycles. The molecule has 0 spiro atoms. The van der Waals surface area contributed by atoms with E-state index in [1.807, 2.05) is 11.8 Å². The number of aromatic nitrogens is 2. The van der Waals surface area contributed by atoms with Crippen molar-refractivity contribution in [3.63, 3.8) is 0 Å². The number of nitrogen functional groups attached to an aromatic ring is 1. The Bertz CT molecular complexity index is 444. The van der Waals surface area contributed by atoms with Crippen molar-refractivity contribution in [3.05, 3.63) is 16.5 Å². The van der Waals surface area contributed by atoms with E-state index in [1.165, 1.54) is 0 Å². The first-order valence-corrected chi connectivity index (χ1v) is 6.96. The van der Waals surface area contributed by atoms with Gasteiger partial charge in [0.15, 0.2) is 5.82 Å². The number of piperidine rings is 1. The summed E-state index contributed by atoms with van der Waals surface area (Å²) in [7, 11) is 0. The van der Waals surface area contributed by atoms with E-state index in [9.17, 15) is 4.79 Å². The summed E-state index contributed by atoms with van der Waals surface area (Å²) in [5.74, 6) is 1.02. The first kappa shape index (κ1) is 13.3. The van der Waals surface area contributed by atoms with Crippen molar-refractivity contribution in [2.45, 2.75) is 32.1 Å². The van der Waals surface area contributed by atoms with E-state index in [4.69, 9.17) is 5.73 Å². The minimum absolute atomic E-state index is 0.234. The van der Waals surface area contributed by atoms with Gasteiger partial charge in [-0.1, -0.05) is 6.92 Å². The summed E-state index contributed by atoms with van der Waals surface area (Å²) in [6.07, 6.45) is 4.20. The highest BCUT2D eigenvalue weighted by molar-refractivity contribution is 9.10. The SMILES string of the molecule is CCC(=O)N1CCC(c2cnc(N)c(Br)n2)CC1. The fourth-order valence-electron chi connectivity index (χ4n) is 2.23. The lowest BCUT2D eigenvalue weighted by atomic mass is 9.93. The lowest BCUT2D eigenvalue weighted by Gasteiger charge is -2.31. The molecule has 0 radical (unpaired) electrons. The van der Waals surface area contributed by atoms with Crippen LogP contribution in [0, 0.1) is 0 Å². The zero-order valence-corrected chi connectivity index (χ0v) is 12.0. The molecule has 98 valence electrons. The number of carbonyl (C=O) groups is 1. The quantitative estimate of drug-likeness (QED) is 0.905. The molecule has 1 aromatic rings. The number of hydrogen-bond acceptors (Lipinski definition) is 4. The number of nitrogens with two attached hydrogens (primary N) is 1. The number of amides is 1. The summed E-state index contributed by atoms with van der Waals surface area (Å²) < 4.78 is 0.604. The maximum absolute atomic E-state index is 11.6. The van der Waals surface area contributed by atoms with E-state index >= 15 is 0 Å². The first-order chi connectivity index (χ1) is 8.61. The molecule has 0 unspecified atom stereocenters. The van der Waals surface area contributed by atoms with Crippen LogP contribution in [0.25, 0.3) is 0 Å². The minimum Gasteiger partial charge on any atom is -0.381 e. The second-order valence-corrected chi connectivity index (χ2v) is 5.23. The number of hydrogen-bond donors (Lipinski definition) is 1. The molecule has 2 N–H and O–H groups in total. The number of halogens is 1. The van der Waals surface area contributed by atoms with E-state index in [2.05, 4.69) is 25.9 Å². The molecule has 18 heavy (non-hydrogen) atoms. The Balaban J connectivity index is 2.01. The van der Waals surface area contributed by atoms with Crippen molar-refractivity contribution >= 4 is 27.7 Å². The number of likely N-dealkylation sites (tertiary alicyclic amines) is 1. The summed E-state index contributed by atoms with van der Waals surface area (Å²) in [5.41, 5.74) is 6.58. The van der Waals surface area contributed by atoms with Crippen molar-refractivity contribution in [1.82, 2.24) is 14.9 Å². The number of carbonyl (C=O) groups excluding carboxylic acids is 1. The van der Waals surface area contributed by atoms with Crippen molar-refractivity contribution in [2.24, 2.45) is 0 Å². The van der Waals surface area contributed by atoms with Crippen LogP contribution in [0.4, 0.5) is 5.82 Å². The van der Waals surface area contributed by atoms with E-state index in [0.717, 1.165) is 31.6 Å². The Hall–Kier alpha value is -1.17. The van der Waals surface area contributed by atoms with Crippen molar-refractivity contribution in [2.75, 3.05) is 18.8 Å². The maximum atomic E-state index is 11.6. The third kappa shape index (κ3) is 2.80. The predicted molar refractivity (Wildman–Crippen MR) is 73.0 cm³/mol. The van der Waals surface area contributed by atoms with Gasteiger partial charge in [-0.25, -0.2) is 9.97 Å². The van der Waals surface area contributed by atoms with E-state index in [-0.39, 0.29) is 5.91 Å². The maximum Gasteiger partial charge on any atom is 0.222 e. The van der Waals surface area contributed by atoms with Crippen LogP contribution in [0.5, 0.6) is 0 Å². The Morgan fingerprint density at radius 3 is 2.78 bits per heavy atom. The molecule has 5 nitrogen and oxygen atoms in total. The Morgan fingerprint density at radius 1 is 1.56 bits per heavy atom. The standard InChI is InChI=1S/C12H17BrN4O/c1-2-10(18)17-5-3-8(4-6-17)9-7-15-12(14)11(13)16-9/h7-8H,2-6H2,1H3,(H2,14,15). The van der Waals surface area contributed by atoms with Crippen LogP contribution in [0.1, 0.15) is 37.8 Å². The molecule has 1 saturated heterocycles. The molecule has 2 heterocycles. The monoisotopic (exact) mass is 312 g/mol. The van der Waals surface area contributed by atoms with Crippen LogP contribution in [-0.2, 0) is 4.79 Å². The molecule has 0 bridgehead atoms. The molecule has 1 fully saturated rings. The van der Waals surface area contributed by atoms with Gasteiger partial charge in [-0.3, -0.25) is 4.79 Å². The summed E-state index contributed by atoms with van der Waals surface area (Å²) in [4.78, 5) is 22.0. The molecule has 0 saturated carbocycles. The fourth-order valence-corrected chi connectivity index (χ4v) is 2.54. The number of rotatable bonds is 2. The van der Waals surface area contributed by atoms with Gasteiger partial charge in [-0.05, 0) is 28.8 Å². The molecule has 1 aliphatic heterocycles. The van der Waals surface area contributed by atoms with Gasteiger partial charge in [0.2, 0.25) is 5.91 Å². The van der Waals surface area contributed by atoms with Crippen LogP contribution in [0.2, 0.25) is 0 Å². The molecule has 0 aliphatic carbocycles. The average Bonchev–Trinajstić information content (AvgIpc) is 2.41. The van der Waals surface area contributed by atoms with Crippen LogP contribution in [-0.4, -0.2) is 33.9 Å². The van der Waals surface area contributed by atoms with Crippen molar-refractivity contribution in [3.8, 4) is 0 Å². The summed E-state index contributed by atoms with van der Waals surface area (Å²) in [5, 5.41) is 0. The molecule has 1 amide bonds. The van der Waals surface area contributed by atoms with Crippen LogP contribution in [0.15, 0.2) is 10.8 Å². The van der Waals surface area contributed by atoms with Crippen molar-refractivity contribution < 1.29 is 4.79 Å². The van der Waals surface area contributed by atoms with Crippen LogP contribution < -0.4 is 5.73 Å². The lowest BCUT2D eigenvalue weighted by Crippen LogP contribution is -2.37. The van der Waals surface area contributed by atoms with Gasteiger partial charge >= 0.3 is 0 Å². The number of nitrogens with zero attached hydrogens (tertiary/aromatic N) is 3. The lowest BCUT2D eigenvalue weighted by molar-refractivity contribution is -0.131. The molecule has 1 aliphatic rings. The third-order valence-electron chi connectivity index (χ3n) is 3.34. The smallest absolute Gasteiger partial charge is 0.222 e. The van der Waals surface area contributed by atoms with Gasteiger partial charge in [-0.15, -0.1) is 0 Å². The fraction of sp³-hybridized carbons (Fsp3) is 0.583. The highest BCUT2D eigenvalue weighted by Gasteiger charge is 2.24. The first-order valence-electron chi connectivity index (χ1n) is 6.17. The van der Waals surface area contributed by atoms with Gasteiger partial charge in [-0.2, -0.15) is 0 Å². The van der Waals surface area contributed by atoms with Gasteiger partial charge in [0.25, 0.3) is 0 Å². The second-order valence-electron chi connectivity index (χ2n) is 4.48. The van der Waals surface area contributed by atoms with E-state index < -0.39 is 0 Å². The second kappa shape index (κ2) is 5.65.